The van der Waals surface area contributed by atoms with E-state index in [1.54, 1.807) is 7.11 Å². The SMILES string of the molecule is COc1ccc(CC(=O)OCC[NH+](C)C)cc1.[Cl-]. The summed E-state index contributed by atoms with van der Waals surface area (Å²) in [5.74, 6) is 0.606. The summed E-state index contributed by atoms with van der Waals surface area (Å²) in [5.41, 5.74) is 0.938. The molecule has 0 fully saturated rings. The van der Waals surface area contributed by atoms with Gasteiger partial charge in [-0.1, -0.05) is 12.1 Å². The van der Waals surface area contributed by atoms with Crippen molar-refractivity contribution in [1.29, 1.82) is 0 Å². The van der Waals surface area contributed by atoms with Crippen LogP contribution in [0.25, 0.3) is 0 Å². The van der Waals surface area contributed by atoms with Gasteiger partial charge >= 0.3 is 5.97 Å². The third-order valence-corrected chi connectivity index (χ3v) is 2.37. The highest BCUT2D eigenvalue weighted by molar-refractivity contribution is 5.72. The molecule has 0 heterocycles. The van der Waals surface area contributed by atoms with Crippen molar-refractivity contribution in [1.82, 2.24) is 0 Å². The summed E-state index contributed by atoms with van der Waals surface area (Å²) >= 11 is 0. The molecule has 0 saturated carbocycles. The van der Waals surface area contributed by atoms with Crippen molar-refractivity contribution in [3.63, 3.8) is 0 Å². The Labute approximate surface area is 114 Å². The van der Waals surface area contributed by atoms with Crippen LogP contribution in [0.1, 0.15) is 5.56 Å². The number of methoxy groups -OCH3 is 1. The predicted octanol–water partition coefficient (Wildman–Crippen LogP) is -3.07. The highest BCUT2D eigenvalue weighted by atomic mass is 35.5. The standard InChI is InChI=1S/C13H19NO3.ClH/c1-14(2)8-9-17-13(15)10-11-4-6-12(16-3)7-5-11;/h4-7H,8-10H2,1-3H3;1H. The van der Waals surface area contributed by atoms with Crippen LogP contribution in [0, 0.1) is 0 Å². The van der Waals surface area contributed by atoms with Crippen LogP contribution in [0.4, 0.5) is 0 Å². The van der Waals surface area contributed by atoms with E-state index in [2.05, 4.69) is 0 Å². The van der Waals surface area contributed by atoms with Crippen molar-refractivity contribution in [2.45, 2.75) is 6.42 Å². The van der Waals surface area contributed by atoms with Crippen LogP contribution in [0.3, 0.4) is 0 Å². The van der Waals surface area contributed by atoms with Crippen LogP contribution in [0.15, 0.2) is 24.3 Å². The quantitative estimate of drug-likeness (QED) is 0.559. The number of esters is 1. The van der Waals surface area contributed by atoms with Crippen molar-refractivity contribution in [2.75, 3.05) is 34.4 Å². The van der Waals surface area contributed by atoms with Gasteiger partial charge < -0.3 is 26.8 Å². The van der Waals surface area contributed by atoms with E-state index in [-0.39, 0.29) is 18.4 Å². The van der Waals surface area contributed by atoms with Crippen molar-refractivity contribution in [2.24, 2.45) is 0 Å². The molecule has 1 N–H and O–H groups in total. The van der Waals surface area contributed by atoms with Gasteiger partial charge in [0, 0.05) is 0 Å². The molecular formula is C13H20ClNO3. The van der Waals surface area contributed by atoms with E-state index in [1.165, 1.54) is 4.90 Å². The van der Waals surface area contributed by atoms with E-state index in [0.29, 0.717) is 13.0 Å². The minimum atomic E-state index is -0.184. The Morgan fingerprint density at radius 3 is 2.33 bits per heavy atom. The van der Waals surface area contributed by atoms with Crippen molar-refractivity contribution in [3.05, 3.63) is 29.8 Å². The van der Waals surface area contributed by atoms with E-state index < -0.39 is 0 Å². The summed E-state index contributed by atoms with van der Waals surface area (Å²) in [6, 6.07) is 7.42. The van der Waals surface area contributed by atoms with Gasteiger partial charge in [0.15, 0.2) is 0 Å². The van der Waals surface area contributed by atoms with Gasteiger partial charge in [0.25, 0.3) is 0 Å². The Morgan fingerprint density at radius 1 is 1.22 bits per heavy atom. The molecule has 1 rings (SSSR count). The summed E-state index contributed by atoms with van der Waals surface area (Å²) < 4.78 is 10.2. The Bertz CT molecular complexity index is 352. The van der Waals surface area contributed by atoms with Crippen molar-refractivity contribution < 1.29 is 31.6 Å². The fraction of sp³-hybridized carbons (Fsp3) is 0.462. The molecule has 1 aromatic rings. The molecule has 0 radical (unpaired) electrons. The normalized spacial score (nSPS) is 9.78. The Balaban J connectivity index is 0.00000289. The maximum absolute atomic E-state index is 11.5. The van der Waals surface area contributed by atoms with Gasteiger partial charge in [-0.05, 0) is 17.7 Å². The minimum absolute atomic E-state index is 0. The molecule has 0 spiro atoms. The largest absolute Gasteiger partial charge is 1.00 e. The molecule has 18 heavy (non-hydrogen) atoms. The fourth-order valence-electron chi connectivity index (χ4n) is 1.33. The zero-order chi connectivity index (χ0) is 12.7. The van der Waals surface area contributed by atoms with Crippen LogP contribution >= 0.6 is 0 Å². The first-order valence-electron chi connectivity index (χ1n) is 5.69. The Kier molecular flexibility index (Phi) is 8.16. The van der Waals surface area contributed by atoms with Crippen molar-refractivity contribution >= 4 is 5.97 Å². The number of hydrogen-bond acceptors (Lipinski definition) is 3. The molecule has 0 amide bonds. The summed E-state index contributed by atoms with van der Waals surface area (Å²) in [6.45, 7) is 1.30. The first kappa shape index (κ1) is 16.7. The number of hydrogen-bond donors (Lipinski definition) is 1. The van der Waals surface area contributed by atoms with E-state index in [9.17, 15) is 4.79 Å². The van der Waals surface area contributed by atoms with Gasteiger partial charge in [0.2, 0.25) is 0 Å². The second-order valence-electron chi connectivity index (χ2n) is 4.20. The van der Waals surface area contributed by atoms with Gasteiger partial charge in [-0.3, -0.25) is 4.79 Å². The molecule has 102 valence electrons. The van der Waals surface area contributed by atoms with E-state index >= 15 is 0 Å². The minimum Gasteiger partial charge on any atom is -1.00 e. The zero-order valence-corrected chi connectivity index (χ0v) is 11.8. The van der Waals surface area contributed by atoms with Gasteiger partial charge in [-0.15, -0.1) is 0 Å². The molecule has 0 aliphatic heterocycles. The van der Waals surface area contributed by atoms with E-state index in [1.807, 2.05) is 38.4 Å². The number of carbonyl (C=O) groups excluding carboxylic acids is 1. The second kappa shape index (κ2) is 8.78. The first-order valence-corrected chi connectivity index (χ1v) is 5.69. The number of likely N-dealkylation sites (N-methyl/N-ethyl adjacent to an activating group) is 1. The first-order chi connectivity index (χ1) is 8.11. The number of benzene rings is 1. The number of ether oxygens (including phenoxy) is 2. The molecule has 0 saturated heterocycles. The predicted molar refractivity (Wildman–Crippen MR) is 65.3 cm³/mol. The van der Waals surface area contributed by atoms with Crippen LogP contribution < -0.4 is 22.0 Å². The summed E-state index contributed by atoms with van der Waals surface area (Å²) in [6.07, 6.45) is 0.312. The molecule has 0 atom stereocenters. The fourth-order valence-corrected chi connectivity index (χ4v) is 1.33. The lowest BCUT2D eigenvalue weighted by Crippen LogP contribution is -3.06. The van der Waals surface area contributed by atoms with E-state index in [0.717, 1.165) is 17.9 Å². The van der Waals surface area contributed by atoms with E-state index in [4.69, 9.17) is 9.47 Å². The average molecular weight is 274 g/mol. The highest BCUT2D eigenvalue weighted by Gasteiger charge is 2.05. The third kappa shape index (κ3) is 6.47. The average Bonchev–Trinajstić information content (AvgIpc) is 2.29. The monoisotopic (exact) mass is 273 g/mol. The topological polar surface area (TPSA) is 40.0 Å². The lowest BCUT2D eigenvalue weighted by Gasteiger charge is -2.08. The second-order valence-corrected chi connectivity index (χ2v) is 4.20. The number of carbonyl (C=O) groups is 1. The molecule has 0 bridgehead atoms. The molecule has 1 aromatic carbocycles. The maximum Gasteiger partial charge on any atom is 0.310 e. The van der Waals surface area contributed by atoms with Crippen LogP contribution in [0.2, 0.25) is 0 Å². The van der Waals surface area contributed by atoms with Gasteiger partial charge in [0.1, 0.15) is 18.9 Å². The number of quaternary nitrogens is 1. The summed E-state index contributed by atoms with van der Waals surface area (Å²) in [7, 11) is 5.67. The third-order valence-electron chi connectivity index (χ3n) is 2.37. The maximum atomic E-state index is 11.5. The molecule has 5 heteroatoms. The summed E-state index contributed by atoms with van der Waals surface area (Å²) in [5, 5.41) is 0. The van der Waals surface area contributed by atoms with Gasteiger partial charge in [-0.25, -0.2) is 0 Å². The Hall–Kier alpha value is -1.26. The number of rotatable bonds is 6. The highest BCUT2D eigenvalue weighted by Crippen LogP contribution is 2.11. The van der Waals surface area contributed by atoms with Crippen LogP contribution in [-0.2, 0) is 16.0 Å². The Morgan fingerprint density at radius 2 is 1.83 bits per heavy atom. The smallest absolute Gasteiger partial charge is 0.310 e. The van der Waals surface area contributed by atoms with Gasteiger partial charge in [-0.2, -0.15) is 0 Å². The van der Waals surface area contributed by atoms with Crippen molar-refractivity contribution in [3.8, 4) is 5.75 Å². The van der Waals surface area contributed by atoms with Crippen LogP contribution in [0.5, 0.6) is 5.75 Å². The molecular weight excluding hydrogens is 254 g/mol. The molecule has 0 aromatic heterocycles. The lowest BCUT2D eigenvalue weighted by atomic mass is 10.1. The van der Waals surface area contributed by atoms with Crippen LogP contribution in [-0.4, -0.2) is 40.3 Å². The molecule has 0 unspecified atom stereocenters. The lowest BCUT2D eigenvalue weighted by molar-refractivity contribution is -0.858. The molecule has 0 aliphatic rings. The number of nitrogens with one attached hydrogen (secondary N) is 1. The zero-order valence-electron chi connectivity index (χ0n) is 11.0. The number of halogens is 1. The van der Waals surface area contributed by atoms with Gasteiger partial charge in [0.05, 0.1) is 27.6 Å². The molecule has 4 nitrogen and oxygen atoms in total. The molecule has 0 aliphatic carbocycles. The summed E-state index contributed by atoms with van der Waals surface area (Å²) in [4.78, 5) is 12.8.